The van der Waals surface area contributed by atoms with Crippen molar-refractivity contribution < 1.29 is 4.42 Å². The first-order chi connectivity index (χ1) is 31.8. The third kappa shape index (κ3) is 5.43. The first-order valence-corrected chi connectivity index (χ1v) is 23.5. The van der Waals surface area contributed by atoms with E-state index in [0.29, 0.717) is 0 Å². The van der Waals surface area contributed by atoms with Gasteiger partial charge in [-0.2, -0.15) is 0 Å². The molecule has 0 aliphatic carbocycles. The Morgan fingerprint density at radius 1 is 0.297 bits per heavy atom. The van der Waals surface area contributed by atoms with Crippen molar-refractivity contribution in [1.82, 2.24) is 9.13 Å². The van der Waals surface area contributed by atoms with Crippen molar-refractivity contribution in [2.45, 2.75) is 19.6 Å². The maximum Gasteiger partial charge on any atom is 0.160 e. The summed E-state index contributed by atoms with van der Waals surface area (Å²) in [5, 5.41) is 7.11. The van der Waals surface area contributed by atoms with Gasteiger partial charge in [-0.3, -0.25) is 0 Å². The Labute approximate surface area is 372 Å². The van der Waals surface area contributed by atoms with Crippen molar-refractivity contribution in [2.24, 2.45) is 0 Å². The number of fused-ring (bicyclic) bond motifs is 10. The number of rotatable bonds is 7. The highest BCUT2D eigenvalue weighted by Gasteiger charge is 2.34. The second-order valence-corrected chi connectivity index (χ2v) is 19.6. The molecule has 0 saturated heterocycles. The van der Waals surface area contributed by atoms with Crippen LogP contribution in [0.5, 0.6) is 0 Å². The molecule has 3 aromatic heterocycles. The maximum absolute atomic E-state index is 6.78. The van der Waals surface area contributed by atoms with Crippen LogP contribution in [-0.2, 0) is 0 Å². The molecule has 0 N–H and O–H groups in total. The van der Waals surface area contributed by atoms with Gasteiger partial charge in [-0.1, -0.05) is 140 Å². The predicted molar refractivity (Wildman–Crippen MR) is 268 cm³/mol. The van der Waals surface area contributed by atoms with Gasteiger partial charge in [0, 0.05) is 63.3 Å². The molecule has 64 heavy (non-hydrogen) atoms. The highest BCUT2D eigenvalue weighted by atomic mass is 32.3. The molecular formula is C60H40N2OS. The summed E-state index contributed by atoms with van der Waals surface area (Å²) in [5.41, 5.74) is 11.1. The SMILES string of the molecule is c1ccc(-n2c3ccccc3c3cc(-c4cccc(S(c5ccccc5)(c5ccccc5)c5cccc(-n6c7ccccc7c7ccc8c9ccccc9oc8c76)c5)c4)ccc32)cc1. The summed E-state index contributed by atoms with van der Waals surface area (Å²) in [5.74, 6) is 0. The van der Waals surface area contributed by atoms with Crippen LogP contribution in [0.15, 0.2) is 267 Å². The Balaban J connectivity index is 1.06. The van der Waals surface area contributed by atoms with Gasteiger partial charge in [-0.05, 0) is 114 Å². The van der Waals surface area contributed by atoms with Crippen LogP contribution >= 0.6 is 10.0 Å². The molecule has 0 unspecified atom stereocenters. The fourth-order valence-electron chi connectivity index (χ4n) is 10.3. The molecule has 13 aromatic rings. The molecule has 0 radical (unpaired) electrons. The van der Waals surface area contributed by atoms with Crippen LogP contribution in [0.4, 0.5) is 0 Å². The normalized spacial score (nSPS) is 12.3. The van der Waals surface area contributed by atoms with Crippen molar-refractivity contribution in [1.29, 1.82) is 0 Å². The van der Waals surface area contributed by atoms with Gasteiger partial charge >= 0.3 is 0 Å². The minimum absolute atomic E-state index is 0.896. The molecule has 0 saturated carbocycles. The van der Waals surface area contributed by atoms with E-state index >= 15 is 0 Å². The van der Waals surface area contributed by atoms with Crippen molar-refractivity contribution in [3.8, 4) is 22.5 Å². The average Bonchev–Trinajstić information content (AvgIpc) is 4.03. The second-order valence-electron chi connectivity index (χ2n) is 16.5. The Morgan fingerprint density at radius 2 is 0.812 bits per heavy atom. The van der Waals surface area contributed by atoms with Gasteiger partial charge in [0.2, 0.25) is 0 Å². The number of nitrogens with zero attached hydrogens (tertiary/aromatic N) is 2. The monoisotopic (exact) mass is 836 g/mol. The molecule has 0 spiro atoms. The molecular weight excluding hydrogens is 797 g/mol. The van der Waals surface area contributed by atoms with E-state index in [1.807, 2.05) is 6.07 Å². The highest BCUT2D eigenvalue weighted by Crippen LogP contribution is 2.73. The van der Waals surface area contributed by atoms with E-state index in [1.54, 1.807) is 0 Å². The number of hydrogen-bond donors (Lipinski definition) is 0. The molecule has 0 bridgehead atoms. The number of benzene rings is 10. The summed E-state index contributed by atoms with van der Waals surface area (Å²) >= 11 is 0. The minimum Gasteiger partial charge on any atom is -0.454 e. The van der Waals surface area contributed by atoms with Crippen LogP contribution in [0.3, 0.4) is 0 Å². The predicted octanol–water partition coefficient (Wildman–Crippen LogP) is 16.8. The average molecular weight is 837 g/mol. The lowest BCUT2D eigenvalue weighted by atomic mass is 10.0. The molecule has 3 nitrogen and oxygen atoms in total. The molecule has 0 atom stereocenters. The van der Waals surface area contributed by atoms with E-state index in [2.05, 4.69) is 246 Å². The lowest BCUT2D eigenvalue weighted by molar-refractivity contribution is 0.671. The third-order valence-electron chi connectivity index (χ3n) is 13.0. The zero-order chi connectivity index (χ0) is 42.2. The van der Waals surface area contributed by atoms with E-state index in [-0.39, 0.29) is 0 Å². The fourth-order valence-corrected chi connectivity index (χ4v) is 14.2. The summed E-state index contributed by atoms with van der Waals surface area (Å²) in [4.78, 5) is 5.08. The Hall–Kier alpha value is -8.05. The van der Waals surface area contributed by atoms with Crippen LogP contribution in [0.1, 0.15) is 0 Å². The molecule has 10 aromatic carbocycles. The molecule has 0 fully saturated rings. The van der Waals surface area contributed by atoms with Crippen LogP contribution in [0.2, 0.25) is 0 Å². The molecule has 3 heterocycles. The van der Waals surface area contributed by atoms with Crippen molar-refractivity contribution >= 4 is 75.6 Å². The minimum atomic E-state index is -2.07. The van der Waals surface area contributed by atoms with Gasteiger partial charge in [0.05, 0.1) is 22.1 Å². The van der Waals surface area contributed by atoms with E-state index in [9.17, 15) is 0 Å². The third-order valence-corrected chi connectivity index (χ3v) is 16.9. The van der Waals surface area contributed by atoms with E-state index < -0.39 is 10.0 Å². The van der Waals surface area contributed by atoms with Crippen LogP contribution in [-0.4, -0.2) is 9.13 Å². The Bertz CT molecular complexity index is 3860. The molecule has 13 rings (SSSR count). The Morgan fingerprint density at radius 3 is 1.55 bits per heavy atom. The van der Waals surface area contributed by atoms with Gasteiger partial charge in [0.15, 0.2) is 5.58 Å². The molecule has 0 amide bonds. The van der Waals surface area contributed by atoms with Crippen molar-refractivity contribution in [3.05, 3.63) is 243 Å². The van der Waals surface area contributed by atoms with Gasteiger partial charge in [-0.25, -0.2) is 0 Å². The van der Waals surface area contributed by atoms with Gasteiger partial charge < -0.3 is 13.6 Å². The molecule has 4 heteroatoms. The van der Waals surface area contributed by atoms with Crippen molar-refractivity contribution in [2.75, 3.05) is 0 Å². The Kier molecular flexibility index (Phi) is 8.30. The highest BCUT2D eigenvalue weighted by molar-refractivity contribution is 8.34. The first-order valence-electron chi connectivity index (χ1n) is 21.8. The molecule has 0 aliphatic rings. The summed E-state index contributed by atoms with van der Waals surface area (Å²) in [6.45, 7) is 0. The zero-order valence-electron chi connectivity index (χ0n) is 34.8. The van der Waals surface area contributed by atoms with Crippen LogP contribution in [0, 0.1) is 0 Å². The largest absolute Gasteiger partial charge is 0.454 e. The summed E-state index contributed by atoms with van der Waals surface area (Å²) < 4.78 is 11.6. The topological polar surface area (TPSA) is 23.0 Å². The van der Waals surface area contributed by atoms with Gasteiger partial charge in [0.1, 0.15) is 5.58 Å². The van der Waals surface area contributed by atoms with Crippen LogP contribution in [0.25, 0.3) is 88.1 Å². The number of para-hydroxylation sites is 4. The lowest BCUT2D eigenvalue weighted by Gasteiger charge is -2.42. The van der Waals surface area contributed by atoms with Gasteiger partial charge in [-0.15, -0.1) is 10.0 Å². The molecule has 302 valence electrons. The lowest BCUT2D eigenvalue weighted by Crippen LogP contribution is -2.06. The first kappa shape index (κ1) is 36.6. The maximum atomic E-state index is 6.78. The molecule has 0 aliphatic heterocycles. The summed E-state index contributed by atoms with van der Waals surface area (Å²) in [6.07, 6.45) is 0. The van der Waals surface area contributed by atoms with Gasteiger partial charge in [0.25, 0.3) is 0 Å². The summed E-state index contributed by atoms with van der Waals surface area (Å²) in [6, 6.07) is 89.0. The van der Waals surface area contributed by atoms with E-state index in [4.69, 9.17) is 4.42 Å². The van der Waals surface area contributed by atoms with Crippen LogP contribution < -0.4 is 0 Å². The van der Waals surface area contributed by atoms with Crippen molar-refractivity contribution in [3.63, 3.8) is 0 Å². The number of aromatic nitrogens is 2. The quantitative estimate of drug-likeness (QED) is 0.157. The second kappa shape index (κ2) is 14.5. The zero-order valence-corrected chi connectivity index (χ0v) is 35.6. The smallest absolute Gasteiger partial charge is 0.160 e. The standard InChI is InChI=1S/C60H40N2OS/c1-4-19-43(20-5-1)61-55-31-13-11-29-50(55)54-39-42(34-37-57(54)61)41-18-16-26-47(38-41)64(45-22-6-2-7-23-45,46-24-8-3-9-25-46)48-27-17-21-44(40-48)62-56-32-14-10-28-49(56)52-35-36-53-51-30-12-15-33-58(51)63-60(53)59(52)62/h1-40H. The summed E-state index contributed by atoms with van der Waals surface area (Å²) in [7, 11) is -2.07. The van der Waals surface area contributed by atoms with E-state index in [1.165, 1.54) is 63.3 Å². The fraction of sp³-hybridized carbons (Fsp3) is 0. The number of hydrogen-bond acceptors (Lipinski definition) is 1. The van der Waals surface area contributed by atoms with E-state index in [0.717, 1.165) is 44.3 Å². The number of furan rings is 1.